The molecular formula is C15H13F2N7O. The van der Waals surface area contributed by atoms with Crippen molar-refractivity contribution in [2.45, 2.75) is 25.8 Å². The van der Waals surface area contributed by atoms with E-state index in [2.05, 4.69) is 31.0 Å². The topological polar surface area (TPSA) is 101 Å². The first kappa shape index (κ1) is 15.4. The maximum absolute atomic E-state index is 13.5. The summed E-state index contributed by atoms with van der Waals surface area (Å²) in [6.07, 6.45) is 2.24. The van der Waals surface area contributed by atoms with Gasteiger partial charge < -0.3 is 5.32 Å². The van der Waals surface area contributed by atoms with Crippen molar-refractivity contribution in [3.8, 4) is 5.69 Å². The number of carbonyl (C=O) groups excluding carboxylic acids is 1. The summed E-state index contributed by atoms with van der Waals surface area (Å²) in [5.74, 6) is -1.43. The van der Waals surface area contributed by atoms with E-state index in [1.807, 2.05) is 0 Å². The second kappa shape index (κ2) is 6.04. The number of benzene rings is 1. The van der Waals surface area contributed by atoms with E-state index in [4.69, 9.17) is 0 Å². The van der Waals surface area contributed by atoms with Gasteiger partial charge in [0.2, 0.25) is 0 Å². The average Bonchev–Trinajstić information content (AvgIpc) is 3.28. The maximum atomic E-state index is 13.5. The summed E-state index contributed by atoms with van der Waals surface area (Å²) in [4.78, 5) is 12.5. The van der Waals surface area contributed by atoms with E-state index < -0.39 is 17.5 Å². The van der Waals surface area contributed by atoms with Gasteiger partial charge in [0.1, 0.15) is 11.6 Å². The van der Waals surface area contributed by atoms with Crippen molar-refractivity contribution in [3.05, 3.63) is 52.6 Å². The molecular weight excluding hydrogens is 332 g/mol. The van der Waals surface area contributed by atoms with E-state index in [0.717, 1.165) is 23.7 Å². The van der Waals surface area contributed by atoms with E-state index in [1.165, 1.54) is 16.8 Å². The summed E-state index contributed by atoms with van der Waals surface area (Å²) in [5, 5.41) is 20.2. The van der Waals surface area contributed by atoms with Crippen molar-refractivity contribution in [2.75, 3.05) is 0 Å². The third-order valence-electron chi connectivity index (χ3n) is 4.03. The molecule has 4 rings (SSSR count). The molecule has 3 aromatic rings. The summed E-state index contributed by atoms with van der Waals surface area (Å²) in [5.41, 5.74) is 2.11. The lowest BCUT2D eigenvalue weighted by Gasteiger charge is -2.06. The molecule has 1 aliphatic carbocycles. The molecule has 128 valence electrons. The zero-order valence-electron chi connectivity index (χ0n) is 13.0. The van der Waals surface area contributed by atoms with Crippen LogP contribution in [0.3, 0.4) is 0 Å². The Morgan fingerprint density at radius 1 is 1.24 bits per heavy atom. The molecule has 0 bridgehead atoms. The molecule has 1 aliphatic rings. The highest BCUT2D eigenvalue weighted by Gasteiger charge is 2.27. The first-order chi connectivity index (χ1) is 12.1. The van der Waals surface area contributed by atoms with Crippen LogP contribution in [-0.4, -0.2) is 36.3 Å². The number of hydrogen-bond donors (Lipinski definition) is 2. The van der Waals surface area contributed by atoms with Gasteiger partial charge in [0.25, 0.3) is 5.91 Å². The largest absolute Gasteiger partial charge is 0.343 e. The number of aromatic nitrogens is 6. The smallest absolute Gasteiger partial charge is 0.272 e. The van der Waals surface area contributed by atoms with Crippen LogP contribution >= 0.6 is 0 Å². The van der Waals surface area contributed by atoms with Crippen LogP contribution in [0, 0.1) is 11.6 Å². The number of fused-ring (bicyclic) bond motifs is 1. The molecule has 2 N–H and O–H groups in total. The zero-order valence-corrected chi connectivity index (χ0v) is 13.0. The predicted octanol–water partition coefficient (Wildman–Crippen LogP) is 1.08. The Morgan fingerprint density at radius 2 is 2.04 bits per heavy atom. The van der Waals surface area contributed by atoms with Crippen molar-refractivity contribution < 1.29 is 13.6 Å². The van der Waals surface area contributed by atoms with Gasteiger partial charge in [-0.25, -0.2) is 13.5 Å². The Bertz CT molecular complexity index is 916. The molecule has 0 aliphatic heterocycles. The highest BCUT2D eigenvalue weighted by atomic mass is 19.1. The summed E-state index contributed by atoms with van der Waals surface area (Å²) in [6.45, 7) is 0.103. The molecule has 10 heteroatoms. The Labute approximate surface area is 140 Å². The van der Waals surface area contributed by atoms with Crippen molar-refractivity contribution in [1.82, 2.24) is 35.7 Å². The van der Waals surface area contributed by atoms with Gasteiger partial charge in [0, 0.05) is 17.3 Å². The predicted molar refractivity (Wildman–Crippen MR) is 80.9 cm³/mol. The average molecular weight is 345 g/mol. The molecule has 0 unspecified atom stereocenters. The minimum absolute atomic E-state index is 0.103. The molecule has 0 saturated carbocycles. The Morgan fingerprint density at radius 3 is 2.76 bits per heavy atom. The number of nitrogens with one attached hydrogen (secondary N) is 2. The van der Waals surface area contributed by atoms with E-state index in [0.29, 0.717) is 18.7 Å². The molecule has 0 radical (unpaired) electrons. The molecule has 0 saturated heterocycles. The summed E-state index contributed by atoms with van der Waals surface area (Å²) >= 11 is 0. The lowest BCUT2D eigenvalue weighted by Crippen LogP contribution is -2.25. The van der Waals surface area contributed by atoms with Crippen LogP contribution in [-0.2, 0) is 19.4 Å². The van der Waals surface area contributed by atoms with Crippen LogP contribution < -0.4 is 5.32 Å². The molecule has 1 aromatic carbocycles. The number of amides is 1. The summed E-state index contributed by atoms with van der Waals surface area (Å²) in [6, 6.07) is 3.18. The van der Waals surface area contributed by atoms with Gasteiger partial charge in [-0.2, -0.15) is 10.3 Å². The highest BCUT2D eigenvalue weighted by molar-refractivity contribution is 5.94. The number of H-pyrrole nitrogens is 1. The van der Waals surface area contributed by atoms with E-state index in [9.17, 15) is 13.6 Å². The van der Waals surface area contributed by atoms with Gasteiger partial charge in [0.05, 0.1) is 12.2 Å². The molecule has 2 aromatic heterocycles. The lowest BCUT2D eigenvalue weighted by atomic mass is 10.2. The third kappa shape index (κ3) is 2.86. The van der Waals surface area contributed by atoms with Crippen LogP contribution in [0.2, 0.25) is 0 Å². The van der Waals surface area contributed by atoms with Crippen LogP contribution in [0.5, 0.6) is 0 Å². The quantitative estimate of drug-likeness (QED) is 0.737. The van der Waals surface area contributed by atoms with E-state index in [-0.39, 0.29) is 17.9 Å². The normalized spacial score (nSPS) is 13.0. The molecule has 0 spiro atoms. The Hall–Kier alpha value is -3.17. The lowest BCUT2D eigenvalue weighted by molar-refractivity contribution is 0.0943. The molecule has 8 nitrogen and oxygen atoms in total. The molecule has 0 atom stereocenters. The maximum Gasteiger partial charge on any atom is 0.272 e. The third-order valence-corrected chi connectivity index (χ3v) is 4.03. The van der Waals surface area contributed by atoms with Gasteiger partial charge in [0.15, 0.2) is 11.5 Å². The van der Waals surface area contributed by atoms with Gasteiger partial charge >= 0.3 is 0 Å². The number of aromatic amines is 1. The van der Waals surface area contributed by atoms with Gasteiger partial charge in [-0.15, -0.1) is 10.2 Å². The molecule has 25 heavy (non-hydrogen) atoms. The van der Waals surface area contributed by atoms with Gasteiger partial charge in [-0.3, -0.25) is 4.79 Å². The van der Waals surface area contributed by atoms with Crippen LogP contribution in [0.4, 0.5) is 8.78 Å². The first-order valence-corrected chi connectivity index (χ1v) is 7.69. The van der Waals surface area contributed by atoms with E-state index >= 15 is 0 Å². The Balaban J connectivity index is 1.66. The fourth-order valence-corrected chi connectivity index (χ4v) is 3.00. The number of halogens is 2. The fourth-order valence-electron chi connectivity index (χ4n) is 3.00. The second-order valence-corrected chi connectivity index (χ2v) is 5.68. The number of rotatable bonds is 4. The van der Waals surface area contributed by atoms with Crippen molar-refractivity contribution in [1.29, 1.82) is 0 Å². The standard InChI is InChI=1S/C15H13F2N7O/c16-8-4-9(17)6-10(5-8)24-12-3-1-2-11(12)14(21-24)15(25)18-7-13-19-22-23-20-13/h4-6H,1-3,7H2,(H,18,25)(H,19,20,22,23). The van der Waals surface area contributed by atoms with Crippen LogP contribution in [0.1, 0.15) is 34.0 Å². The van der Waals surface area contributed by atoms with Crippen LogP contribution in [0.15, 0.2) is 18.2 Å². The number of hydrogen-bond acceptors (Lipinski definition) is 5. The van der Waals surface area contributed by atoms with Gasteiger partial charge in [-0.05, 0) is 31.4 Å². The Kier molecular flexibility index (Phi) is 3.71. The summed E-state index contributed by atoms with van der Waals surface area (Å²) < 4.78 is 28.5. The second-order valence-electron chi connectivity index (χ2n) is 5.68. The number of carbonyl (C=O) groups is 1. The molecule has 2 heterocycles. The van der Waals surface area contributed by atoms with Crippen molar-refractivity contribution >= 4 is 5.91 Å². The molecule has 0 fully saturated rings. The molecule has 1 amide bonds. The van der Waals surface area contributed by atoms with Crippen molar-refractivity contribution in [3.63, 3.8) is 0 Å². The van der Waals surface area contributed by atoms with Gasteiger partial charge in [-0.1, -0.05) is 5.21 Å². The number of nitrogens with zero attached hydrogens (tertiary/aromatic N) is 5. The monoisotopic (exact) mass is 345 g/mol. The van der Waals surface area contributed by atoms with Crippen LogP contribution in [0.25, 0.3) is 5.69 Å². The van der Waals surface area contributed by atoms with E-state index in [1.54, 1.807) is 0 Å². The SMILES string of the molecule is O=C(NCc1nn[nH]n1)c1nn(-c2cc(F)cc(F)c2)c2c1CCC2. The highest BCUT2D eigenvalue weighted by Crippen LogP contribution is 2.28. The minimum atomic E-state index is -0.694. The first-order valence-electron chi connectivity index (χ1n) is 7.69. The minimum Gasteiger partial charge on any atom is -0.343 e. The fraction of sp³-hybridized carbons (Fsp3) is 0.267. The number of tetrazole rings is 1. The van der Waals surface area contributed by atoms with Crippen molar-refractivity contribution in [2.24, 2.45) is 0 Å². The summed E-state index contributed by atoms with van der Waals surface area (Å²) in [7, 11) is 0. The zero-order chi connectivity index (χ0) is 17.4.